The second-order valence-corrected chi connectivity index (χ2v) is 6.51. The molecule has 1 aromatic heterocycles. The standard InChI is InChI=1S/C19H13NO9/c1-25-9-6-10-12(7-3-4-27-19(7)28-10)18-13(9)16(22)14-15(21)8(20(23)24)5-11(26-2)17(14)29-18/h3-7,19,21H,1-2H3/t7-,19+/m1/s1. The number of rotatable bonds is 3. The summed E-state index contributed by atoms with van der Waals surface area (Å²) in [6.45, 7) is 0. The van der Waals surface area contributed by atoms with Crippen molar-refractivity contribution in [2.45, 2.75) is 12.2 Å². The van der Waals surface area contributed by atoms with Crippen LogP contribution in [0.5, 0.6) is 23.0 Å². The first-order valence-corrected chi connectivity index (χ1v) is 8.50. The minimum absolute atomic E-state index is 0.0288. The Bertz CT molecular complexity index is 1310. The third kappa shape index (κ3) is 2.13. The van der Waals surface area contributed by atoms with Gasteiger partial charge < -0.3 is 28.5 Å². The number of fused-ring (bicyclic) bond motifs is 6. The van der Waals surface area contributed by atoms with E-state index in [1.807, 2.05) is 0 Å². The number of ether oxygens (including phenoxy) is 4. The number of phenols is 1. The number of nitrogens with zero attached hydrogens (tertiary/aromatic N) is 1. The number of hydrogen-bond acceptors (Lipinski definition) is 9. The molecule has 0 saturated carbocycles. The Labute approximate surface area is 161 Å². The zero-order valence-corrected chi connectivity index (χ0v) is 15.1. The molecule has 5 rings (SSSR count). The van der Waals surface area contributed by atoms with Crippen LogP contribution >= 0.6 is 0 Å². The average Bonchev–Trinajstić information content (AvgIpc) is 3.27. The molecule has 0 aliphatic carbocycles. The molecule has 2 aliphatic heterocycles. The van der Waals surface area contributed by atoms with Crippen LogP contribution in [0.25, 0.3) is 21.9 Å². The summed E-state index contributed by atoms with van der Waals surface area (Å²) >= 11 is 0. The Morgan fingerprint density at radius 3 is 2.59 bits per heavy atom. The van der Waals surface area contributed by atoms with Crippen molar-refractivity contribution in [3.05, 3.63) is 50.4 Å². The Morgan fingerprint density at radius 2 is 1.90 bits per heavy atom. The van der Waals surface area contributed by atoms with Gasteiger partial charge in [0.05, 0.1) is 43.0 Å². The molecule has 0 fully saturated rings. The summed E-state index contributed by atoms with van der Waals surface area (Å²) in [7, 11) is 2.65. The van der Waals surface area contributed by atoms with Crippen LogP contribution in [0.1, 0.15) is 11.5 Å². The molecule has 1 N–H and O–H groups in total. The second-order valence-electron chi connectivity index (χ2n) is 6.51. The van der Waals surface area contributed by atoms with Crippen LogP contribution < -0.4 is 19.6 Å². The average molecular weight is 399 g/mol. The van der Waals surface area contributed by atoms with Crippen molar-refractivity contribution < 1.29 is 33.4 Å². The molecule has 2 aromatic carbocycles. The summed E-state index contributed by atoms with van der Waals surface area (Å²) in [6, 6.07) is 2.53. The Kier molecular flexibility index (Phi) is 3.42. The van der Waals surface area contributed by atoms with Gasteiger partial charge in [-0.15, -0.1) is 0 Å². The highest BCUT2D eigenvalue weighted by molar-refractivity contribution is 6.02. The summed E-state index contributed by atoms with van der Waals surface area (Å²) in [5, 5.41) is 21.4. The second kappa shape index (κ2) is 5.77. The van der Waals surface area contributed by atoms with Gasteiger partial charge in [-0.1, -0.05) is 0 Å². The number of phenolic OH excluding ortho intramolecular Hbond substituents is 1. The number of hydrogen-bond donors (Lipinski definition) is 1. The summed E-state index contributed by atoms with van der Waals surface area (Å²) in [6.07, 6.45) is 2.69. The lowest BCUT2D eigenvalue weighted by molar-refractivity contribution is -0.385. The normalized spacial score (nSPS) is 19.0. The molecule has 0 bridgehead atoms. The van der Waals surface area contributed by atoms with Crippen molar-refractivity contribution >= 4 is 27.6 Å². The van der Waals surface area contributed by atoms with E-state index in [1.54, 1.807) is 6.08 Å². The minimum atomic E-state index is -0.806. The molecule has 10 nitrogen and oxygen atoms in total. The zero-order valence-electron chi connectivity index (χ0n) is 15.1. The molecule has 2 aliphatic rings. The fraction of sp³-hybridized carbons (Fsp3) is 0.211. The van der Waals surface area contributed by atoms with Gasteiger partial charge in [0.15, 0.2) is 11.3 Å². The number of methoxy groups -OCH3 is 2. The van der Waals surface area contributed by atoms with Crippen LogP contribution in [0.4, 0.5) is 5.69 Å². The number of nitro benzene ring substituents is 1. The summed E-state index contributed by atoms with van der Waals surface area (Å²) in [5.41, 5.74) is -0.720. The molecule has 3 heterocycles. The number of nitro groups is 1. The fourth-order valence-corrected chi connectivity index (χ4v) is 3.81. The first-order chi connectivity index (χ1) is 14.0. The van der Waals surface area contributed by atoms with Crippen molar-refractivity contribution in [2.24, 2.45) is 0 Å². The monoisotopic (exact) mass is 399 g/mol. The molecule has 0 radical (unpaired) electrons. The molecule has 148 valence electrons. The van der Waals surface area contributed by atoms with Gasteiger partial charge in [-0.3, -0.25) is 14.9 Å². The third-order valence-electron chi connectivity index (χ3n) is 5.11. The SMILES string of the molecule is COc1cc([N+](=O)[O-])c(O)c2c(=O)c3c(OC)cc4c(c3oc12)[C@H]1C=CO[C@H]1O4. The lowest BCUT2D eigenvalue weighted by Gasteiger charge is -2.12. The summed E-state index contributed by atoms with van der Waals surface area (Å²) < 4.78 is 27.7. The van der Waals surface area contributed by atoms with Crippen molar-refractivity contribution in [1.82, 2.24) is 0 Å². The zero-order chi connectivity index (χ0) is 20.4. The fourth-order valence-electron chi connectivity index (χ4n) is 3.81. The van der Waals surface area contributed by atoms with Crippen LogP contribution in [-0.4, -0.2) is 30.5 Å². The highest BCUT2D eigenvalue weighted by Gasteiger charge is 2.41. The van der Waals surface area contributed by atoms with E-state index in [0.717, 1.165) is 6.07 Å². The van der Waals surface area contributed by atoms with Gasteiger partial charge in [0.2, 0.25) is 11.2 Å². The van der Waals surface area contributed by atoms with Crippen LogP contribution in [-0.2, 0) is 4.74 Å². The summed E-state index contributed by atoms with van der Waals surface area (Å²) in [5.74, 6) is -0.600. The maximum atomic E-state index is 13.4. The van der Waals surface area contributed by atoms with E-state index in [4.69, 9.17) is 23.4 Å². The molecule has 3 aromatic rings. The molecule has 2 atom stereocenters. The van der Waals surface area contributed by atoms with E-state index in [9.17, 15) is 20.0 Å². The Balaban J connectivity index is 2.00. The van der Waals surface area contributed by atoms with Crippen LogP contribution in [0.2, 0.25) is 0 Å². The predicted molar refractivity (Wildman–Crippen MR) is 98.8 cm³/mol. The quantitative estimate of drug-likeness (QED) is 0.401. The van der Waals surface area contributed by atoms with Gasteiger partial charge in [0.25, 0.3) is 6.29 Å². The third-order valence-corrected chi connectivity index (χ3v) is 5.11. The topological polar surface area (TPSA) is 131 Å². The van der Waals surface area contributed by atoms with Crippen molar-refractivity contribution in [3.8, 4) is 23.0 Å². The predicted octanol–water partition coefficient (Wildman–Crippen LogP) is 2.92. The smallest absolute Gasteiger partial charge is 0.315 e. The first-order valence-electron chi connectivity index (χ1n) is 8.50. The molecule has 0 amide bonds. The molecule has 29 heavy (non-hydrogen) atoms. The van der Waals surface area contributed by atoms with E-state index in [-0.39, 0.29) is 39.4 Å². The van der Waals surface area contributed by atoms with Gasteiger partial charge in [-0.05, 0) is 6.08 Å². The molecule has 0 unspecified atom stereocenters. The van der Waals surface area contributed by atoms with Gasteiger partial charge >= 0.3 is 5.69 Å². The van der Waals surface area contributed by atoms with Crippen molar-refractivity contribution in [1.29, 1.82) is 0 Å². The molecule has 0 spiro atoms. The lowest BCUT2D eigenvalue weighted by Crippen LogP contribution is -2.14. The van der Waals surface area contributed by atoms with Gasteiger partial charge in [-0.25, -0.2) is 0 Å². The maximum Gasteiger partial charge on any atom is 0.315 e. The molecular formula is C19H13NO9. The molecular weight excluding hydrogens is 386 g/mol. The Hall–Kier alpha value is -3.95. The Morgan fingerprint density at radius 1 is 1.14 bits per heavy atom. The van der Waals surface area contributed by atoms with Gasteiger partial charge in [0.1, 0.15) is 27.9 Å². The van der Waals surface area contributed by atoms with E-state index in [1.165, 1.54) is 26.5 Å². The van der Waals surface area contributed by atoms with Crippen LogP contribution in [0.15, 0.2) is 33.7 Å². The van der Waals surface area contributed by atoms with E-state index < -0.39 is 28.1 Å². The molecule has 10 heteroatoms. The van der Waals surface area contributed by atoms with Gasteiger partial charge in [0, 0.05) is 6.07 Å². The lowest BCUT2D eigenvalue weighted by atomic mass is 9.97. The van der Waals surface area contributed by atoms with Crippen molar-refractivity contribution in [3.63, 3.8) is 0 Å². The minimum Gasteiger partial charge on any atom is -0.501 e. The maximum absolute atomic E-state index is 13.4. The van der Waals surface area contributed by atoms with Crippen LogP contribution in [0, 0.1) is 10.1 Å². The number of benzene rings is 2. The van der Waals surface area contributed by atoms with Crippen LogP contribution in [0.3, 0.4) is 0 Å². The highest BCUT2D eigenvalue weighted by Crippen LogP contribution is 2.50. The van der Waals surface area contributed by atoms with E-state index in [2.05, 4.69) is 0 Å². The van der Waals surface area contributed by atoms with E-state index >= 15 is 0 Å². The number of aromatic hydroxyl groups is 1. The first kappa shape index (κ1) is 17.2. The highest BCUT2D eigenvalue weighted by atomic mass is 16.7. The largest absolute Gasteiger partial charge is 0.501 e. The van der Waals surface area contributed by atoms with Gasteiger partial charge in [-0.2, -0.15) is 0 Å². The van der Waals surface area contributed by atoms with E-state index in [0.29, 0.717) is 11.3 Å². The van der Waals surface area contributed by atoms with Crippen molar-refractivity contribution in [2.75, 3.05) is 14.2 Å². The summed E-state index contributed by atoms with van der Waals surface area (Å²) in [4.78, 5) is 23.9. The molecule has 0 saturated heterocycles.